The summed E-state index contributed by atoms with van der Waals surface area (Å²) in [6.07, 6.45) is 0. The van der Waals surface area contributed by atoms with Gasteiger partial charge < -0.3 is 0 Å². The quantitative estimate of drug-likeness (QED) is 0.522. The maximum Gasteiger partial charge on any atom is 0.241 e. The van der Waals surface area contributed by atoms with E-state index < -0.39 is 0 Å². The summed E-state index contributed by atoms with van der Waals surface area (Å²) in [4.78, 5) is 10.4. The van der Waals surface area contributed by atoms with Gasteiger partial charge in [0.1, 0.15) is 0 Å². The van der Waals surface area contributed by atoms with Crippen molar-refractivity contribution >= 4 is 0 Å². The number of hydrogen-bond acceptors (Lipinski definition) is 2. The van der Waals surface area contributed by atoms with Gasteiger partial charge in [0.25, 0.3) is 0 Å². The average Bonchev–Trinajstić information content (AvgIpc) is 1.98. The molecule has 0 saturated carbocycles. The second kappa shape index (κ2) is 1.47. The van der Waals surface area contributed by atoms with Gasteiger partial charge in [0.15, 0.2) is 10.3 Å². The van der Waals surface area contributed by atoms with Crippen LogP contribution in [0, 0.1) is 18.8 Å². The van der Waals surface area contributed by atoms with Crippen molar-refractivity contribution in [3.63, 3.8) is 0 Å². The van der Waals surface area contributed by atoms with Gasteiger partial charge in [-0.25, -0.2) is 0 Å². The Morgan fingerprint density at radius 3 is 2.38 bits per heavy atom. The fraction of sp³-hybridized carbons (Fsp3) is 0.500. The van der Waals surface area contributed by atoms with Gasteiger partial charge in [0, 0.05) is 13.8 Å². The third kappa shape index (κ3) is 0.538. The molecule has 0 aliphatic carbocycles. The van der Waals surface area contributed by atoms with Crippen LogP contribution in [0.3, 0.4) is 0 Å². The van der Waals surface area contributed by atoms with E-state index in [4.69, 9.17) is 0 Å². The minimum absolute atomic E-state index is 0.440. The van der Waals surface area contributed by atoms with Crippen molar-refractivity contribution in [2.24, 2.45) is 0 Å². The standard InChI is InChI=1S/C4H7N2O2/c1-3-4(2)6(7)8-5-3/h5H,1-2H3/q+1. The Morgan fingerprint density at radius 2 is 2.25 bits per heavy atom. The topological polar surface area (TPSA) is 51.9 Å². The van der Waals surface area contributed by atoms with E-state index in [-0.39, 0.29) is 0 Å². The number of aromatic amines is 1. The smallest absolute Gasteiger partial charge is 0.0882 e. The molecule has 0 aliphatic rings. The van der Waals surface area contributed by atoms with Gasteiger partial charge in [-0.15, -0.1) is 0 Å². The van der Waals surface area contributed by atoms with Crippen LogP contribution in [-0.2, 0) is 0 Å². The van der Waals surface area contributed by atoms with Gasteiger partial charge in [-0.3, -0.25) is 0 Å². The van der Waals surface area contributed by atoms with E-state index in [1.54, 1.807) is 13.8 Å². The van der Waals surface area contributed by atoms with Gasteiger partial charge in [0.2, 0.25) is 5.69 Å². The van der Waals surface area contributed by atoms with Crippen molar-refractivity contribution in [3.8, 4) is 0 Å². The van der Waals surface area contributed by atoms with Crippen LogP contribution in [0.2, 0.25) is 0 Å². The first-order chi connectivity index (χ1) is 3.72. The van der Waals surface area contributed by atoms with Gasteiger partial charge >= 0.3 is 0 Å². The van der Waals surface area contributed by atoms with Crippen molar-refractivity contribution in [1.29, 1.82) is 0 Å². The first kappa shape index (κ1) is 5.08. The summed E-state index contributed by atoms with van der Waals surface area (Å²) in [5.41, 5.74) is 1.34. The van der Waals surface area contributed by atoms with Crippen molar-refractivity contribution in [2.75, 3.05) is 0 Å². The summed E-state index contributed by atoms with van der Waals surface area (Å²) in [5.74, 6) is 0. The number of rotatable bonds is 0. The molecule has 0 spiro atoms. The number of hydrogen-bond donors (Lipinski definition) is 1. The molecular formula is C4H7N2O2+. The molecule has 1 heterocycles. The predicted molar refractivity (Wildman–Crippen MR) is 25.9 cm³/mol. The number of nitrogens with zero attached hydrogens (tertiary/aromatic N) is 1. The Hall–Kier alpha value is -1.06. The fourth-order valence-corrected chi connectivity index (χ4v) is 0.389. The number of aromatic nitrogens is 2. The molecular weight excluding hydrogens is 108 g/mol. The largest absolute Gasteiger partial charge is 0.241 e. The molecule has 0 fully saturated rings. The fourth-order valence-electron chi connectivity index (χ4n) is 0.389. The van der Waals surface area contributed by atoms with Crippen molar-refractivity contribution in [3.05, 3.63) is 16.3 Å². The lowest BCUT2D eigenvalue weighted by molar-refractivity contribution is -0.718. The zero-order valence-electron chi connectivity index (χ0n) is 4.76. The summed E-state index contributed by atoms with van der Waals surface area (Å²) in [6.45, 7) is 3.45. The molecule has 0 aliphatic heterocycles. The highest BCUT2D eigenvalue weighted by atomic mass is 16.7. The second-order valence-electron chi connectivity index (χ2n) is 1.66. The molecule has 0 aromatic carbocycles. The van der Waals surface area contributed by atoms with Crippen LogP contribution in [0.5, 0.6) is 0 Å². The number of nitrogens with one attached hydrogen (secondary N) is 1. The molecule has 0 bridgehead atoms. The Labute approximate surface area is 45.7 Å². The highest BCUT2D eigenvalue weighted by Gasteiger charge is 2.07. The molecule has 0 atom stereocenters. The molecule has 4 heteroatoms. The maximum atomic E-state index is 10.4. The summed E-state index contributed by atoms with van der Waals surface area (Å²) >= 11 is 0. The molecule has 1 aromatic heterocycles. The van der Waals surface area contributed by atoms with E-state index in [0.717, 1.165) is 5.69 Å². The summed E-state index contributed by atoms with van der Waals surface area (Å²) in [7, 11) is 0. The first-order valence-corrected chi connectivity index (χ1v) is 2.29. The van der Waals surface area contributed by atoms with E-state index in [1.165, 1.54) is 0 Å². The zero-order valence-corrected chi connectivity index (χ0v) is 4.76. The van der Waals surface area contributed by atoms with Gasteiger partial charge in [0.05, 0.1) is 0 Å². The molecule has 0 radical (unpaired) electrons. The molecule has 4 nitrogen and oxygen atoms in total. The molecule has 1 rings (SSSR count). The lowest BCUT2D eigenvalue weighted by Gasteiger charge is -1.64. The average molecular weight is 115 g/mol. The van der Waals surface area contributed by atoms with Crippen LogP contribution < -0.4 is 4.60 Å². The lowest BCUT2D eigenvalue weighted by atomic mass is 10.4. The first-order valence-electron chi connectivity index (χ1n) is 2.29. The minimum Gasteiger partial charge on any atom is -0.0882 e. The van der Waals surface area contributed by atoms with E-state index in [0.29, 0.717) is 10.3 Å². The molecule has 44 valence electrons. The molecule has 0 unspecified atom stereocenters. The van der Waals surface area contributed by atoms with E-state index in [9.17, 15) is 4.91 Å². The van der Waals surface area contributed by atoms with Gasteiger partial charge in [-0.1, -0.05) is 9.79 Å². The maximum absolute atomic E-state index is 10.4. The van der Waals surface area contributed by atoms with Crippen LogP contribution in [0.25, 0.3) is 0 Å². The molecule has 8 heavy (non-hydrogen) atoms. The third-order valence-corrected chi connectivity index (χ3v) is 1.10. The lowest BCUT2D eigenvalue weighted by Crippen LogP contribution is -2.12. The van der Waals surface area contributed by atoms with Crippen molar-refractivity contribution in [2.45, 2.75) is 13.8 Å². The SMILES string of the molecule is Cc1[nH]o[n+](=O)c1C. The molecule has 0 saturated heterocycles. The van der Waals surface area contributed by atoms with Crippen LogP contribution >= 0.6 is 0 Å². The Bertz CT molecular complexity index is 234. The second-order valence-corrected chi connectivity index (χ2v) is 1.66. The zero-order chi connectivity index (χ0) is 6.15. The normalized spacial score (nSPS) is 9.75. The Morgan fingerprint density at radius 1 is 1.62 bits per heavy atom. The minimum atomic E-state index is 0.440. The highest BCUT2D eigenvalue weighted by Crippen LogP contribution is 1.90. The Kier molecular flexibility index (Phi) is 0.932. The van der Waals surface area contributed by atoms with Gasteiger partial charge in [-0.2, -0.15) is 0 Å². The highest BCUT2D eigenvalue weighted by molar-refractivity contribution is 4.95. The third-order valence-electron chi connectivity index (χ3n) is 1.10. The molecule has 0 amide bonds. The summed E-state index contributed by atoms with van der Waals surface area (Å²) < 4.78 is 4.77. The van der Waals surface area contributed by atoms with Crippen molar-refractivity contribution in [1.82, 2.24) is 5.16 Å². The van der Waals surface area contributed by atoms with Crippen LogP contribution in [-0.4, -0.2) is 5.16 Å². The van der Waals surface area contributed by atoms with E-state index in [1.807, 2.05) is 0 Å². The van der Waals surface area contributed by atoms with Gasteiger partial charge in [-0.05, 0) is 4.91 Å². The van der Waals surface area contributed by atoms with E-state index >= 15 is 0 Å². The predicted octanol–water partition coefficient (Wildman–Crippen LogP) is 0.139. The molecule has 1 N–H and O–H groups in total. The summed E-state index contributed by atoms with van der Waals surface area (Å²) in [6, 6.07) is 0. The Balaban J connectivity index is 3.41. The number of H-pyrrole nitrogens is 1. The monoisotopic (exact) mass is 115 g/mol. The number of aryl methyl sites for hydroxylation is 1. The van der Waals surface area contributed by atoms with Crippen LogP contribution in [0.4, 0.5) is 0 Å². The van der Waals surface area contributed by atoms with E-state index in [2.05, 4.69) is 9.79 Å². The van der Waals surface area contributed by atoms with Crippen LogP contribution in [0.15, 0.2) is 4.63 Å². The summed E-state index contributed by atoms with van der Waals surface area (Å²) in [5, 5.41) is 2.41. The van der Waals surface area contributed by atoms with Crippen molar-refractivity contribution < 1.29 is 9.23 Å². The molecule has 1 aromatic rings. The van der Waals surface area contributed by atoms with Crippen LogP contribution in [0.1, 0.15) is 11.4 Å².